The Kier molecular flexibility index (Phi) is 13.8. The first-order chi connectivity index (χ1) is 16.5. The second-order valence-corrected chi connectivity index (χ2v) is 9.84. The molecule has 1 heterocycles. The summed E-state index contributed by atoms with van der Waals surface area (Å²) in [4.78, 5) is 29.4. The summed E-state index contributed by atoms with van der Waals surface area (Å²) in [5, 5.41) is 6.06. The van der Waals surface area contributed by atoms with Crippen LogP contribution in [0, 0.1) is 0 Å². The summed E-state index contributed by atoms with van der Waals surface area (Å²) >= 11 is 5.34. The number of carbonyl (C=O) groups is 2. The van der Waals surface area contributed by atoms with Crippen molar-refractivity contribution in [2.75, 3.05) is 38.5 Å². The number of nitrogens with one attached hydrogen (secondary N) is 2. The third-order valence-electron chi connectivity index (χ3n) is 6.46. The number of thiocarbonyl (C=S) groups is 1. The first-order valence-corrected chi connectivity index (χ1v) is 13.6. The maximum Gasteiger partial charge on any atom is 0.256 e. The molecule has 7 heteroatoms. The van der Waals surface area contributed by atoms with Crippen molar-refractivity contribution in [1.29, 1.82) is 0 Å². The highest BCUT2D eigenvalue weighted by molar-refractivity contribution is 7.80. The molecule has 0 unspecified atom stereocenters. The molecule has 0 bridgehead atoms. The number of piperazine rings is 1. The lowest BCUT2D eigenvalue weighted by molar-refractivity contribution is -0.119. The number of nitrogens with zero attached hydrogens (tertiary/aromatic N) is 2. The van der Waals surface area contributed by atoms with Crippen LogP contribution < -0.4 is 10.6 Å². The molecule has 1 fully saturated rings. The average molecular weight is 489 g/mol. The highest BCUT2D eigenvalue weighted by Gasteiger charge is 2.22. The minimum Gasteiger partial charge on any atom is -0.336 e. The van der Waals surface area contributed by atoms with Crippen molar-refractivity contribution in [1.82, 2.24) is 15.1 Å². The van der Waals surface area contributed by atoms with Gasteiger partial charge in [-0.2, -0.15) is 0 Å². The molecule has 2 rings (SSSR count). The van der Waals surface area contributed by atoms with E-state index in [1.54, 1.807) is 6.07 Å². The molecule has 6 nitrogen and oxygen atoms in total. The fourth-order valence-electron chi connectivity index (χ4n) is 4.25. The molecule has 0 radical (unpaired) electrons. The molecule has 0 aliphatic carbocycles. The van der Waals surface area contributed by atoms with E-state index in [1.165, 1.54) is 57.8 Å². The van der Waals surface area contributed by atoms with Gasteiger partial charge < -0.3 is 20.4 Å². The predicted molar refractivity (Wildman–Crippen MR) is 145 cm³/mol. The lowest BCUT2D eigenvalue weighted by atomic mass is 10.1. The maximum absolute atomic E-state index is 13.0. The number of benzene rings is 1. The Bertz CT molecular complexity index is 763. The zero-order chi connectivity index (χ0) is 24.6. The molecule has 2 amide bonds. The van der Waals surface area contributed by atoms with Gasteiger partial charge >= 0.3 is 0 Å². The van der Waals surface area contributed by atoms with E-state index in [0.29, 0.717) is 30.8 Å². The second-order valence-electron chi connectivity index (χ2n) is 9.43. The van der Waals surface area contributed by atoms with E-state index in [1.807, 2.05) is 23.1 Å². The molecule has 0 spiro atoms. The number of carbonyl (C=O) groups excluding carboxylic acids is 2. The van der Waals surface area contributed by atoms with Gasteiger partial charge in [-0.25, -0.2) is 0 Å². The maximum atomic E-state index is 13.0. The minimum absolute atomic E-state index is 0.00807. The number of para-hydroxylation sites is 1. The SMILES string of the molecule is CCCCCCCCCCCCCC(=O)NC(=S)Nc1ccccc1C(=O)N1CCN(C)CC1. The summed E-state index contributed by atoms with van der Waals surface area (Å²) in [6.07, 6.45) is 14.3. The van der Waals surface area contributed by atoms with Crippen LogP contribution in [0.15, 0.2) is 24.3 Å². The molecule has 1 saturated heterocycles. The highest BCUT2D eigenvalue weighted by Crippen LogP contribution is 2.18. The van der Waals surface area contributed by atoms with Gasteiger partial charge in [0, 0.05) is 32.6 Å². The standard InChI is InChI=1S/C27H44N4O2S/c1-3-4-5-6-7-8-9-10-11-12-13-18-25(32)29-27(34)28-24-17-15-14-16-23(24)26(33)31-21-19-30(2)20-22-31/h14-17H,3-13,18-22H2,1-2H3,(H2,28,29,32,34). The van der Waals surface area contributed by atoms with Crippen LogP contribution in [0.1, 0.15) is 94.3 Å². The van der Waals surface area contributed by atoms with Crippen molar-refractivity contribution >= 4 is 34.8 Å². The molecule has 0 aromatic heterocycles. The van der Waals surface area contributed by atoms with E-state index in [2.05, 4.69) is 29.5 Å². The van der Waals surface area contributed by atoms with Crippen molar-refractivity contribution in [3.8, 4) is 0 Å². The van der Waals surface area contributed by atoms with E-state index in [0.717, 1.165) is 25.9 Å². The van der Waals surface area contributed by atoms with Crippen LogP contribution in [0.2, 0.25) is 0 Å². The molecule has 0 atom stereocenters. The summed E-state index contributed by atoms with van der Waals surface area (Å²) in [6.45, 7) is 5.42. The monoisotopic (exact) mass is 488 g/mol. The van der Waals surface area contributed by atoms with E-state index in [-0.39, 0.29) is 16.9 Å². The Morgan fingerprint density at radius 3 is 2.03 bits per heavy atom. The molecule has 34 heavy (non-hydrogen) atoms. The number of amides is 2. The van der Waals surface area contributed by atoms with Gasteiger partial charge in [0.1, 0.15) is 0 Å². The van der Waals surface area contributed by atoms with Crippen LogP contribution in [0.4, 0.5) is 5.69 Å². The lowest BCUT2D eigenvalue weighted by Gasteiger charge is -2.32. The van der Waals surface area contributed by atoms with Crippen molar-refractivity contribution in [2.45, 2.75) is 84.0 Å². The van der Waals surface area contributed by atoms with Crippen LogP contribution in [-0.2, 0) is 4.79 Å². The van der Waals surface area contributed by atoms with Gasteiger partial charge in [-0.05, 0) is 37.8 Å². The fourth-order valence-corrected chi connectivity index (χ4v) is 4.47. The smallest absolute Gasteiger partial charge is 0.256 e. The first-order valence-electron chi connectivity index (χ1n) is 13.2. The Morgan fingerprint density at radius 2 is 1.41 bits per heavy atom. The van der Waals surface area contributed by atoms with Crippen LogP contribution in [-0.4, -0.2) is 60.0 Å². The molecule has 1 aliphatic heterocycles. The Labute approximate surface area is 211 Å². The Morgan fingerprint density at radius 1 is 0.853 bits per heavy atom. The number of likely N-dealkylation sites (N-methyl/N-ethyl adjacent to an activating group) is 1. The van der Waals surface area contributed by atoms with E-state index in [4.69, 9.17) is 12.2 Å². The van der Waals surface area contributed by atoms with Gasteiger partial charge in [-0.3, -0.25) is 9.59 Å². The second kappa shape index (κ2) is 16.6. The highest BCUT2D eigenvalue weighted by atomic mass is 32.1. The number of hydrogen-bond acceptors (Lipinski definition) is 4. The number of anilines is 1. The Hall–Kier alpha value is -1.99. The molecular formula is C27H44N4O2S. The van der Waals surface area contributed by atoms with Crippen molar-refractivity contribution in [2.24, 2.45) is 0 Å². The van der Waals surface area contributed by atoms with Crippen molar-refractivity contribution in [3.05, 3.63) is 29.8 Å². The molecule has 1 aromatic carbocycles. The summed E-state index contributed by atoms with van der Waals surface area (Å²) in [5.74, 6) is -0.0809. The number of rotatable bonds is 14. The summed E-state index contributed by atoms with van der Waals surface area (Å²) in [6, 6.07) is 7.34. The van der Waals surface area contributed by atoms with Gasteiger partial charge in [0.2, 0.25) is 5.91 Å². The van der Waals surface area contributed by atoms with Crippen LogP contribution >= 0.6 is 12.2 Å². The van der Waals surface area contributed by atoms with E-state index >= 15 is 0 Å². The van der Waals surface area contributed by atoms with Crippen LogP contribution in [0.3, 0.4) is 0 Å². The number of hydrogen-bond donors (Lipinski definition) is 2. The molecule has 0 saturated carbocycles. The lowest BCUT2D eigenvalue weighted by Crippen LogP contribution is -2.47. The third-order valence-corrected chi connectivity index (χ3v) is 6.66. The topological polar surface area (TPSA) is 64.7 Å². The first kappa shape index (κ1) is 28.2. The minimum atomic E-state index is -0.0729. The van der Waals surface area contributed by atoms with Crippen LogP contribution in [0.25, 0.3) is 0 Å². The molecule has 1 aliphatic rings. The average Bonchev–Trinajstić information content (AvgIpc) is 2.83. The third kappa shape index (κ3) is 11.0. The van der Waals surface area contributed by atoms with Gasteiger partial charge in [-0.15, -0.1) is 0 Å². The summed E-state index contributed by atoms with van der Waals surface area (Å²) < 4.78 is 0. The van der Waals surface area contributed by atoms with Gasteiger partial charge in [0.05, 0.1) is 11.3 Å². The van der Waals surface area contributed by atoms with Gasteiger partial charge in [0.25, 0.3) is 5.91 Å². The quantitative estimate of drug-likeness (QED) is 0.264. The number of unbranched alkanes of at least 4 members (excludes halogenated alkanes) is 10. The summed E-state index contributed by atoms with van der Waals surface area (Å²) in [7, 11) is 2.06. The van der Waals surface area contributed by atoms with Crippen molar-refractivity contribution < 1.29 is 9.59 Å². The zero-order valence-electron chi connectivity index (χ0n) is 21.2. The fraction of sp³-hybridized carbons (Fsp3) is 0.667. The van der Waals surface area contributed by atoms with E-state index in [9.17, 15) is 9.59 Å². The predicted octanol–water partition coefficient (Wildman–Crippen LogP) is 5.59. The van der Waals surface area contributed by atoms with Gasteiger partial charge in [0.15, 0.2) is 5.11 Å². The molecular weight excluding hydrogens is 444 g/mol. The summed E-state index contributed by atoms with van der Waals surface area (Å²) in [5.41, 5.74) is 1.21. The largest absolute Gasteiger partial charge is 0.336 e. The van der Waals surface area contributed by atoms with Crippen molar-refractivity contribution in [3.63, 3.8) is 0 Å². The Balaban J connectivity index is 1.63. The zero-order valence-corrected chi connectivity index (χ0v) is 22.1. The molecule has 190 valence electrons. The normalized spacial score (nSPS) is 14.1. The van der Waals surface area contributed by atoms with Gasteiger partial charge in [-0.1, -0.05) is 83.3 Å². The molecule has 2 N–H and O–H groups in total. The molecule has 1 aromatic rings. The van der Waals surface area contributed by atoms with E-state index < -0.39 is 0 Å². The van der Waals surface area contributed by atoms with Crippen LogP contribution in [0.5, 0.6) is 0 Å².